The van der Waals surface area contributed by atoms with Crippen molar-refractivity contribution in [2.45, 2.75) is 6.92 Å². The topological polar surface area (TPSA) is 131 Å². The monoisotopic (exact) mass is 381 g/mol. The molecule has 2 aromatic carbocycles. The number of benzene rings is 2. The van der Waals surface area contributed by atoms with Gasteiger partial charge in [-0.05, 0) is 24.6 Å². The number of anilines is 1. The zero-order chi connectivity index (χ0) is 20.3. The van der Waals surface area contributed by atoms with Crippen LogP contribution in [0.5, 0.6) is 0 Å². The van der Waals surface area contributed by atoms with E-state index in [4.69, 9.17) is 4.74 Å². The van der Waals surface area contributed by atoms with Crippen molar-refractivity contribution >= 4 is 34.2 Å². The molecule has 0 radical (unpaired) electrons. The van der Waals surface area contributed by atoms with Crippen LogP contribution in [-0.2, 0) is 9.53 Å². The number of hydrogen-bond acceptors (Lipinski definition) is 6. The first-order chi connectivity index (χ1) is 13.4. The minimum Gasteiger partial charge on any atom is -0.451 e. The van der Waals surface area contributed by atoms with Gasteiger partial charge < -0.3 is 15.0 Å². The number of nitrogens with one attached hydrogen (secondary N) is 2. The van der Waals surface area contributed by atoms with Crippen LogP contribution in [0.3, 0.4) is 0 Å². The molecule has 0 spiro atoms. The number of nitro benzene ring substituents is 1. The number of para-hydroxylation sites is 2. The van der Waals surface area contributed by atoms with E-state index < -0.39 is 23.4 Å². The Bertz CT molecular complexity index is 1150. The van der Waals surface area contributed by atoms with Crippen LogP contribution in [0.2, 0.25) is 0 Å². The van der Waals surface area contributed by atoms with Gasteiger partial charge in [-0.15, -0.1) is 0 Å². The summed E-state index contributed by atoms with van der Waals surface area (Å²) in [6.45, 7) is 0.938. The molecule has 0 fully saturated rings. The predicted octanol–water partition coefficient (Wildman–Crippen LogP) is 2.54. The molecule has 3 rings (SSSR count). The molecule has 3 aromatic rings. The molecule has 9 heteroatoms. The number of aryl methyl sites for hydroxylation is 1. The Morgan fingerprint density at radius 1 is 1.18 bits per heavy atom. The molecule has 142 valence electrons. The largest absolute Gasteiger partial charge is 0.451 e. The van der Waals surface area contributed by atoms with Crippen molar-refractivity contribution < 1.29 is 19.2 Å². The van der Waals surface area contributed by atoms with Crippen LogP contribution in [0.15, 0.2) is 53.3 Å². The van der Waals surface area contributed by atoms with Gasteiger partial charge in [-0.3, -0.25) is 19.7 Å². The second-order valence-corrected chi connectivity index (χ2v) is 5.94. The Balaban J connectivity index is 1.71. The van der Waals surface area contributed by atoms with Crippen LogP contribution >= 0.6 is 0 Å². The fourth-order valence-electron chi connectivity index (χ4n) is 2.66. The Labute approximate surface area is 158 Å². The van der Waals surface area contributed by atoms with Crippen molar-refractivity contribution in [3.05, 3.63) is 80.1 Å². The number of rotatable bonds is 5. The average Bonchev–Trinajstić information content (AvgIpc) is 2.67. The van der Waals surface area contributed by atoms with Gasteiger partial charge in [-0.1, -0.05) is 24.3 Å². The van der Waals surface area contributed by atoms with Crippen LogP contribution < -0.4 is 10.7 Å². The molecule has 0 aliphatic rings. The fourth-order valence-corrected chi connectivity index (χ4v) is 2.66. The highest BCUT2D eigenvalue weighted by atomic mass is 16.6. The number of pyridine rings is 1. The number of aromatic amines is 1. The summed E-state index contributed by atoms with van der Waals surface area (Å²) in [4.78, 5) is 49.5. The smallest absolute Gasteiger partial charge is 0.355 e. The molecule has 0 atom stereocenters. The van der Waals surface area contributed by atoms with Gasteiger partial charge in [0.1, 0.15) is 11.4 Å². The number of H-pyrrole nitrogens is 1. The number of nitro groups is 1. The van der Waals surface area contributed by atoms with Gasteiger partial charge in [0.25, 0.3) is 11.6 Å². The Morgan fingerprint density at radius 3 is 2.68 bits per heavy atom. The van der Waals surface area contributed by atoms with E-state index in [0.717, 1.165) is 6.07 Å². The molecule has 1 amide bonds. The van der Waals surface area contributed by atoms with E-state index in [2.05, 4.69) is 10.3 Å². The number of carbonyl (C=O) groups excluding carboxylic acids is 2. The Hall–Kier alpha value is -4.01. The molecule has 1 heterocycles. The van der Waals surface area contributed by atoms with E-state index >= 15 is 0 Å². The van der Waals surface area contributed by atoms with E-state index in [1.807, 2.05) is 0 Å². The molecule has 0 saturated heterocycles. The lowest BCUT2D eigenvalue weighted by molar-refractivity contribution is -0.384. The highest BCUT2D eigenvalue weighted by molar-refractivity contribution is 5.97. The van der Waals surface area contributed by atoms with Crippen molar-refractivity contribution in [3.63, 3.8) is 0 Å². The first-order valence-electron chi connectivity index (χ1n) is 8.20. The average molecular weight is 381 g/mol. The van der Waals surface area contributed by atoms with E-state index in [9.17, 15) is 24.5 Å². The third-order valence-corrected chi connectivity index (χ3v) is 4.00. The second kappa shape index (κ2) is 7.70. The molecule has 28 heavy (non-hydrogen) atoms. The third-order valence-electron chi connectivity index (χ3n) is 4.00. The van der Waals surface area contributed by atoms with Gasteiger partial charge in [-0.25, -0.2) is 4.79 Å². The summed E-state index contributed by atoms with van der Waals surface area (Å²) in [5, 5.41) is 13.9. The number of nitrogens with zero attached hydrogens (tertiary/aromatic N) is 1. The van der Waals surface area contributed by atoms with Gasteiger partial charge >= 0.3 is 5.97 Å². The summed E-state index contributed by atoms with van der Waals surface area (Å²) in [7, 11) is 0. The van der Waals surface area contributed by atoms with Crippen molar-refractivity contribution in [2.24, 2.45) is 0 Å². The molecular formula is C19H15N3O6. The number of esters is 1. The number of carbonyl (C=O) groups is 2. The molecule has 0 bridgehead atoms. The van der Waals surface area contributed by atoms with Gasteiger partial charge in [0.05, 0.1) is 4.92 Å². The number of ether oxygens (including phenoxy) is 1. The SMILES string of the molecule is Cc1cccc([N+](=O)[O-])c1NC(=O)COC(=O)c1cc(=O)c2ccccc2[nH]1. The number of fused-ring (bicyclic) bond motifs is 1. The number of aromatic nitrogens is 1. The summed E-state index contributed by atoms with van der Waals surface area (Å²) < 4.78 is 4.92. The molecule has 0 aliphatic heterocycles. The van der Waals surface area contributed by atoms with Gasteiger partial charge in [0.2, 0.25) is 0 Å². The van der Waals surface area contributed by atoms with Crippen LogP contribution in [-0.4, -0.2) is 28.4 Å². The molecule has 0 saturated carbocycles. The fraction of sp³-hybridized carbons (Fsp3) is 0.105. The van der Waals surface area contributed by atoms with Gasteiger partial charge in [-0.2, -0.15) is 0 Å². The summed E-state index contributed by atoms with van der Waals surface area (Å²) in [5.74, 6) is -1.63. The standard InChI is InChI=1S/C19H15N3O6/c1-11-5-4-8-15(22(26)27)18(11)21-17(24)10-28-19(25)14-9-16(23)12-6-2-3-7-13(12)20-14/h2-9H,10H2,1H3,(H,20,23)(H,21,24). The lowest BCUT2D eigenvalue weighted by Gasteiger charge is -2.09. The first-order valence-corrected chi connectivity index (χ1v) is 8.20. The maximum Gasteiger partial charge on any atom is 0.355 e. The minimum absolute atomic E-state index is 0.0349. The van der Waals surface area contributed by atoms with Crippen LogP contribution in [0.1, 0.15) is 16.1 Å². The second-order valence-electron chi connectivity index (χ2n) is 5.94. The lowest BCUT2D eigenvalue weighted by atomic mass is 10.1. The molecule has 1 aromatic heterocycles. The van der Waals surface area contributed by atoms with E-state index in [0.29, 0.717) is 16.5 Å². The van der Waals surface area contributed by atoms with E-state index in [-0.39, 0.29) is 22.5 Å². The van der Waals surface area contributed by atoms with Gasteiger partial charge in [0.15, 0.2) is 12.0 Å². The summed E-state index contributed by atoms with van der Waals surface area (Å²) in [6.07, 6.45) is 0. The van der Waals surface area contributed by atoms with Crippen molar-refractivity contribution in [1.29, 1.82) is 0 Å². The van der Waals surface area contributed by atoms with Gasteiger partial charge in [0, 0.05) is 23.0 Å². The highest BCUT2D eigenvalue weighted by Gasteiger charge is 2.19. The maximum atomic E-state index is 12.2. The lowest BCUT2D eigenvalue weighted by Crippen LogP contribution is -2.23. The summed E-state index contributed by atoms with van der Waals surface area (Å²) in [5.41, 5.74) is 0.264. The van der Waals surface area contributed by atoms with Crippen LogP contribution in [0, 0.1) is 17.0 Å². The number of amides is 1. The highest BCUT2D eigenvalue weighted by Crippen LogP contribution is 2.27. The Kier molecular flexibility index (Phi) is 5.16. The molecule has 0 unspecified atom stereocenters. The number of hydrogen-bond donors (Lipinski definition) is 2. The Morgan fingerprint density at radius 2 is 1.93 bits per heavy atom. The molecular weight excluding hydrogens is 366 g/mol. The van der Waals surface area contributed by atoms with Crippen molar-refractivity contribution in [3.8, 4) is 0 Å². The quantitative estimate of drug-likeness (QED) is 0.397. The maximum absolute atomic E-state index is 12.2. The zero-order valence-corrected chi connectivity index (χ0v) is 14.7. The van der Waals surface area contributed by atoms with Crippen LogP contribution in [0.25, 0.3) is 10.9 Å². The van der Waals surface area contributed by atoms with E-state index in [1.54, 1.807) is 37.3 Å². The van der Waals surface area contributed by atoms with Crippen molar-refractivity contribution in [1.82, 2.24) is 4.98 Å². The van der Waals surface area contributed by atoms with Crippen LogP contribution in [0.4, 0.5) is 11.4 Å². The minimum atomic E-state index is -0.891. The summed E-state index contributed by atoms with van der Waals surface area (Å²) in [6, 6.07) is 12.1. The third kappa shape index (κ3) is 3.88. The predicted molar refractivity (Wildman–Crippen MR) is 101 cm³/mol. The van der Waals surface area contributed by atoms with Crippen molar-refractivity contribution in [2.75, 3.05) is 11.9 Å². The first kappa shape index (κ1) is 18.8. The summed E-state index contributed by atoms with van der Waals surface area (Å²) >= 11 is 0. The molecule has 0 aliphatic carbocycles. The van der Waals surface area contributed by atoms with E-state index in [1.165, 1.54) is 12.1 Å². The zero-order valence-electron chi connectivity index (χ0n) is 14.7. The molecule has 9 nitrogen and oxygen atoms in total. The molecule has 2 N–H and O–H groups in total. The normalized spacial score (nSPS) is 10.5.